The minimum atomic E-state index is -0.306. The summed E-state index contributed by atoms with van der Waals surface area (Å²) in [5.41, 5.74) is 0.843. The van der Waals surface area contributed by atoms with E-state index in [1.54, 1.807) is 21.3 Å². The molecule has 1 heterocycles. The number of carbonyl (C=O) groups is 1. The van der Waals surface area contributed by atoms with Crippen LogP contribution in [0.4, 0.5) is 0 Å². The summed E-state index contributed by atoms with van der Waals surface area (Å²) in [5, 5.41) is 11.0. The Kier molecular flexibility index (Phi) is 7.32. The van der Waals surface area contributed by atoms with Crippen LogP contribution in [0.3, 0.4) is 0 Å². The summed E-state index contributed by atoms with van der Waals surface area (Å²) < 4.78 is 21.7. The Hall–Kier alpha value is -2.77. The van der Waals surface area contributed by atoms with Crippen LogP contribution in [0.15, 0.2) is 16.5 Å². The highest BCUT2D eigenvalue weighted by Crippen LogP contribution is 2.38. The van der Waals surface area contributed by atoms with Crippen LogP contribution in [0.1, 0.15) is 67.1 Å². The first kappa shape index (κ1) is 21.0. The van der Waals surface area contributed by atoms with Crippen LogP contribution < -0.4 is 19.5 Å². The fourth-order valence-corrected chi connectivity index (χ4v) is 3.68. The summed E-state index contributed by atoms with van der Waals surface area (Å²) in [6.45, 7) is 0. The highest BCUT2D eigenvalue weighted by atomic mass is 16.5. The molecule has 0 radical (unpaired) electrons. The summed E-state index contributed by atoms with van der Waals surface area (Å²) in [6.07, 6.45) is 8.37. The van der Waals surface area contributed by atoms with Gasteiger partial charge in [0.1, 0.15) is 0 Å². The van der Waals surface area contributed by atoms with Crippen molar-refractivity contribution in [2.45, 2.75) is 57.4 Å². The van der Waals surface area contributed by atoms with Gasteiger partial charge in [0.05, 0.1) is 27.8 Å². The molecule has 1 aliphatic rings. The van der Waals surface area contributed by atoms with Gasteiger partial charge in [-0.05, 0) is 30.5 Å². The molecule has 0 aliphatic heterocycles. The Morgan fingerprint density at radius 2 is 1.62 bits per heavy atom. The van der Waals surface area contributed by atoms with E-state index in [9.17, 15) is 4.79 Å². The van der Waals surface area contributed by atoms with Gasteiger partial charge < -0.3 is 23.9 Å². The summed E-state index contributed by atoms with van der Waals surface area (Å²) in [6, 6.07) is 3.81. The topological polar surface area (TPSA) is 95.7 Å². The first-order chi connectivity index (χ1) is 14.1. The minimum Gasteiger partial charge on any atom is -0.493 e. The van der Waals surface area contributed by atoms with Crippen molar-refractivity contribution in [3.05, 3.63) is 29.5 Å². The molecule has 158 valence electrons. The van der Waals surface area contributed by atoms with Crippen molar-refractivity contribution < 1.29 is 23.4 Å². The van der Waals surface area contributed by atoms with Crippen LogP contribution in [0.5, 0.6) is 17.2 Å². The molecule has 2 aromatic rings. The number of benzene rings is 1. The molecular weight excluding hydrogens is 374 g/mol. The highest BCUT2D eigenvalue weighted by molar-refractivity contribution is 5.89. The lowest BCUT2D eigenvalue weighted by Gasteiger charge is -2.19. The largest absolute Gasteiger partial charge is 0.493 e. The van der Waals surface area contributed by atoms with E-state index in [0.717, 1.165) is 31.2 Å². The quantitative estimate of drug-likeness (QED) is 0.755. The van der Waals surface area contributed by atoms with E-state index in [-0.39, 0.29) is 17.8 Å². The molecule has 29 heavy (non-hydrogen) atoms. The Morgan fingerprint density at radius 1 is 1.00 bits per heavy atom. The predicted octanol–water partition coefficient (Wildman–Crippen LogP) is 3.53. The molecule has 0 spiro atoms. The van der Waals surface area contributed by atoms with Crippen molar-refractivity contribution in [3.8, 4) is 17.2 Å². The molecule has 1 aliphatic carbocycles. The number of nitrogens with one attached hydrogen (secondary N) is 1. The summed E-state index contributed by atoms with van der Waals surface area (Å²) in [4.78, 5) is 12.5. The van der Waals surface area contributed by atoms with Gasteiger partial charge in [0.2, 0.25) is 11.6 Å². The first-order valence-electron chi connectivity index (χ1n) is 10.1. The number of rotatable bonds is 7. The molecule has 1 N–H and O–H groups in total. The summed E-state index contributed by atoms with van der Waals surface area (Å²) in [5.74, 6) is 1.64. The third-order valence-corrected chi connectivity index (χ3v) is 5.18. The lowest BCUT2D eigenvalue weighted by Crippen LogP contribution is -2.35. The van der Waals surface area contributed by atoms with Crippen LogP contribution in [0, 0.1) is 0 Å². The maximum Gasteiger partial charge on any atom is 0.309 e. The standard InChI is InChI=1S/C21H29N3O5/c1-26-16-11-14(12-17(27-2)19(16)28-3)13-18-23-24-21(29-18)20(25)22-15-9-7-5-4-6-8-10-15/h11-12,15H,4-10,13H2,1-3H3,(H,22,25). The highest BCUT2D eigenvalue weighted by Gasteiger charge is 2.21. The summed E-state index contributed by atoms with van der Waals surface area (Å²) in [7, 11) is 4.68. The Balaban J connectivity index is 1.67. The third-order valence-electron chi connectivity index (χ3n) is 5.18. The van der Waals surface area contributed by atoms with Gasteiger partial charge in [-0.25, -0.2) is 0 Å². The Bertz CT molecular complexity index is 787. The van der Waals surface area contributed by atoms with Crippen molar-refractivity contribution in [2.24, 2.45) is 0 Å². The number of nitrogens with zero attached hydrogens (tertiary/aromatic N) is 2. The number of amides is 1. The van der Waals surface area contributed by atoms with Crippen LogP contribution in [-0.4, -0.2) is 43.5 Å². The number of ether oxygens (including phenoxy) is 3. The zero-order valence-electron chi connectivity index (χ0n) is 17.3. The van der Waals surface area contributed by atoms with E-state index in [0.29, 0.717) is 29.6 Å². The second kappa shape index (κ2) is 10.1. The van der Waals surface area contributed by atoms with Crippen molar-refractivity contribution >= 4 is 5.91 Å². The van der Waals surface area contributed by atoms with Crippen molar-refractivity contribution in [1.29, 1.82) is 0 Å². The van der Waals surface area contributed by atoms with Crippen LogP contribution in [0.2, 0.25) is 0 Å². The molecule has 8 nitrogen and oxygen atoms in total. The number of methoxy groups -OCH3 is 3. The fourth-order valence-electron chi connectivity index (χ4n) is 3.68. The minimum absolute atomic E-state index is 0.00509. The molecule has 8 heteroatoms. The second-order valence-electron chi connectivity index (χ2n) is 7.23. The molecule has 1 aromatic heterocycles. The maximum absolute atomic E-state index is 12.5. The molecule has 0 unspecified atom stereocenters. The SMILES string of the molecule is COc1cc(Cc2nnc(C(=O)NC3CCCCCCC3)o2)cc(OC)c1OC. The van der Waals surface area contributed by atoms with E-state index in [1.165, 1.54) is 19.3 Å². The molecule has 3 rings (SSSR count). The van der Waals surface area contributed by atoms with E-state index in [1.807, 2.05) is 12.1 Å². The van der Waals surface area contributed by atoms with Gasteiger partial charge in [-0.15, -0.1) is 10.2 Å². The van der Waals surface area contributed by atoms with Crippen LogP contribution in [0.25, 0.3) is 0 Å². The average Bonchev–Trinajstić information content (AvgIpc) is 3.17. The van der Waals surface area contributed by atoms with Crippen molar-refractivity contribution in [2.75, 3.05) is 21.3 Å². The molecule has 0 saturated heterocycles. The van der Waals surface area contributed by atoms with Crippen LogP contribution >= 0.6 is 0 Å². The van der Waals surface area contributed by atoms with Gasteiger partial charge in [-0.3, -0.25) is 4.79 Å². The normalized spacial score (nSPS) is 15.3. The average molecular weight is 403 g/mol. The van der Waals surface area contributed by atoms with Crippen molar-refractivity contribution in [1.82, 2.24) is 15.5 Å². The van der Waals surface area contributed by atoms with Gasteiger partial charge in [-0.2, -0.15) is 0 Å². The second-order valence-corrected chi connectivity index (χ2v) is 7.23. The van der Waals surface area contributed by atoms with Crippen molar-refractivity contribution in [3.63, 3.8) is 0 Å². The lowest BCUT2D eigenvalue weighted by molar-refractivity contribution is 0.0893. The molecule has 1 fully saturated rings. The van der Waals surface area contributed by atoms with E-state index in [4.69, 9.17) is 18.6 Å². The van der Waals surface area contributed by atoms with Gasteiger partial charge in [0, 0.05) is 6.04 Å². The third kappa shape index (κ3) is 5.40. The monoisotopic (exact) mass is 403 g/mol. The zero-order valence-corrected chi connectivity index (χ0v) is 17.3. The first-order valence-corrected chi connectivity index (χ1v) is 10.1. The van der Waals surface area contributed by atoms with E-state index in [2.05, 4.69) is 15.5 Å². The Labute approximate surface area is 170 Å². The molecule has 1 saturated carbocycles. The summed E-state index contributed by atoms with van der Waals surface area (Å²) >= 11 is 0. The number of hydrogen-bond acceptors (Lipinski definition) is 7. The molecule has 0 bridgehead atoms. The smallest absolute Gasteiger partial charge is 0.309 e. The van der Waals surface area contributed by atoms with Gasteiger partial charge in [0.15, 0.2) is 11.5 Å². The van der Waals surface area contributed by atoms with Crippen LogP contribution in [-0.2, 0) is 6.42 Å². The lowest BCUT2D eigenvalue weighted by atomic mass is 9.97. The molecule has 1 aromatic carbocycles. The molecule has 1 amide bonds. The van der Waals surface area contributed by atoms with Gasteiger partial charge in [0.25, 0.3) is 0 Å². The zero-order chi connectivity index (χ0) is 20.6. The van der Waals surface area contributed by atoms with E-state index >= 15 is 0 Å². The Morgan fingerprint density at radius 3 is 2.21 bits per heavy atom. The number of hydrogen-bond donors (Lipinski definition) is 1. The van der Waals surface area contributed by atoms with E-state index < -0.39 is 0 Å². The predicted molar refractivity (Wildman–Crippen MR) is 107 cm³/mol. The fraction of sp³-hybridized carbons (Fsp3) is 0.571. The maximum atomic E-state index is 12.5. The molecular formula is C21H29N3O5. The molecule has 0 atom stereocenters. The number of carbonyl (C=O) groups excluding carboxylic acids is 1. The number of aromatic nitrogens is 2. The van der Waals surface area contributed by atoms with Gasteiger partial charge >= 0.3 is 11.8 Å². The van der Waals surface area contributed by atoms with Gasteiger partial charge in [-0.1, -0.05) is 32.1 Å².